The Morgan fingerprint density at radius 1 is 1.26 bits per heavy atom. The number of benzene rings is 1. The normalized spacial score (nSPS) is 18.3. The molecule has 4 nitrogen and oxygen atoms in total. The van der Waals surface area contributed by atoms with Gasteiger partial charge in [-0.3, -0.25) is 0 Å². The smallest absolute Gasteiger partial charge is 0.416 e. The van der Waals surface area contributed by atoms with Crippen molar-refractivity contribution in [2.45, 2.75) is 19.2 Å². The molecule has 1 saturated heterocycles. The van der Waals surface area contributed by atoms with Crippen LogP contribution in [0, 0.1) is 0 Å². The van der Waals surface area contributed by atoms with Gasteiger partial charge in [-0.15, -0.1) is 0 Å². The third kappa shape index (κ3) is 3.60. The van der Waals surface area contributed by atoms with Crippen LogP contribution >= 0.6 is 0 Å². The van der Waals surface area contributed by atoms with Gasteiger partial charge in [-0.1, -0.05) is 12.1 Å². The van der Waals surface area contributed by atoms with E-state index in [0.717, 1.165) is 37.5 Å². The van der Waals surface area contributed by atoms with Crippen molar-refractivity contribution in [3.63, 3.8) is 0 Å². The number of fused-ring (bicyclic) bond motifs is 1. The molecule has 1 fully saturated rings. The molecule has 2 aliphatic rings. The van der Waals surface area contributed by atoms with Gasteiger partial charge in [0.1, 0.15) is 19.1 Å². The zero-order valence-electron chi connectivity index (χ0n) is 12.8. The molecule has 124 valence electrons. The standard InChI is InChI=1S/C16H18F3N3O/c1-21-6-3-7-22-11-20-14(9-15(21)22)23-10-12-4-2-5-13(8-12)16(17,18)19/h2,4-5,8-9H,3,6-7,10-11H2,1H3. The van der Waals surface area contributed by atoms with Crippen LogP contribution in [0.25, 0.3) is 0 Å². The molecule has 0 bridgehead atoms. The number of hydrogen-bond acceptors (Lipinski definition) is 4. The molecule has 0 aliphatic carbocycles. The third-order valence-corrected chi connectivity index (χ3v) is 3.93. The number of rotatable bonds is 2. The fourth-order valence-corrected chi connectivity index (χ4v) is 2.71. The fourth-order valence-electron chi connectivity index (χ4n) is 2.71. The van der Waals surface area contributed by atoms with Crippen molar-refractivity contribution < 1.29 is 17.9 Å². The Labute approximate surface area is 132 Å². The molecule has 2 aliphatic heterocycles. The SMILES string of the molecule is CN1CCCN2CN=C(OCc3cccc(C(F)(F)F)c3)C=C12. The first-order valence-corrected chi connectivity index (χ1v) is 7.44. The van der Waals surface area contributed by atoms with E-state index in [1.807, 2.05) is 13.1 Å². The summed E-state index contributed by atoms with van der Waals surface area (Å²) in [6.45, 7) is 2.52. The lowest BCUT2D eigenvalue weighted by molar-refractivity contribution is -0.137. The molecule has 0 saturated carbocycles. The summed E-state index contributed by atoms with van der Waals surface area (Å²) in [5.74, 6) is 1.51. The maximum absolute atomic E-state index is 12.7. The number of alkyl halides is 3. The lowest BCUT2D eigenvalue weighted by Gasteiger charge is -2.39. The average Bonchev–Trinajstić information content (AvgIpc) is 2.53. The van der Waals surface area contributed by atoms with Gasteiger partial charge in [0.25, 0.3) is 0 Å². The van der Waals surface area contributed by atoms with Gasteiger partial charge in [0.2, 0.25) is 5.90 Å². The van der Waals surface area contributed by atoms with E-state index < -0.39 is 11.7 Å². The molecule has 1 aromatic carbocycles. The summed E-state index contributed by atoms with van der Waals surface area (Å²) < 4.78 is 43.7. The van der Waals surface area contributed by atoms with Crippen molar-refractivity contribution in [3.8, 4) is 0 Å². The highest BCUT2D eigenvalue weighted by molar-refractivity contribution is 5.88. The Morgan fingerprint density at radius 3 is 2.87 bits per heavy atom. The second-order valence-electron chi connectivity index (χ2n) is 5.67. The molecule has 0 radical (unpaired) electrons. The predicted molar refractivity (Wildman–Crippen MR) is 80.6 cm³/mol. The van der Waals surface area contributed by atoms with Crippen molar-refractivity contribution in [1.29, 1.82) is 0 Å². The number of halogens is 3. The van der Waals surface area contributed by atoms with Gasteiger partial charge in [-0.05, 0) is 24.1 Å². The van der Waals surface area contributed by atoms with Gasteiger partial charge in [0.05, 0.1) is 5.56 Å². The lowest BCUT2D eigenvalue weighted by Crippen LogP contribution is -2.42. The summed E-state index contributed by atoms with van der Waals surface area (Å²) in [5, 5.41) is 0. The van der Waals surface area contributed by atoms with Crippen LogP contribution in [-0.2, 0) is 17.5 Å². The molecule has 23 heavy (non-hydrogen) atoms. The molecule has 3 rings (SSSR count). The fraction of sp³-hybridized carbons (Fsp3) is 0.438. The first-order valence-electron chi connectivity index (χ1n) is 7.44. The second-order valence-corrected chi connectivity index (χ2v) is 5.67. The zero-order valence-corrected chi connectivity index (χ0v) is 12.8. The van der Waals surface area contributed by atoms with Gasteiger partial charge in [0, 0.05) is 26.2 Å². The van der Waals surface area contributed by atoms with Gasteiger partial charge >= 0.3 is 6.18 Å². The third-order valence-electron chi connectivity index (χ3n) is 3.93. The van der Waals surface area contributed by atoms with Crippen molar-refractivity contribution in [3.05, 3.63) is 47.3 Å². The summed E-state index contributed by atoms with van der Waals surface area (Å²) in [6.07, 6.45) is -1.41. The van der Waals surface area contributed by atoms with E-state index in [-0.39, 0.29) is 6.61 Å². The molecule has 0 N–H and O–H groups in total. The Bertz CT molecular complexity index is 640. The highest BCUT2D eigenvalue weighted by Gasteiger charge is 2.30. The van der Waals surface area contributed by atoms with Crippen LogP contribution in [0.1, 0.15) is 17.5 Å². The molecular weight excluding hydrogens is 307 g/mol. The number of ether oxygens (including phenoxy) is 1. The van der Waals surface area contributed by atoms with E-state index in [1.165, 1.54) is 6.07 Å². The van der Waals surface area contributed by atoms with Crippen LogP contribution in [0.15, 0.2) is 41.2 Å². The number of nitrogens with zero attached hydrogens (tertiary/aromatic N) is 3. The maximum Gasteiger partial charge on any atom is 0.416 e. The summed E-state index contributed by atoms with van der Waals surface area (Å²) in [5.41, 5.74) is -0.193. The molecule has 0 amide bonds. The topological polar surface area (TPSA) is 28.1 Å². The van der Waals surface area contributed by atoms with Gasteiger partial charge in [-0.25, -0.2) is 4.99 Å². The predicted octanol–water partition coefficient (Wildman–Crippen LogP) is 3.07. The second kappa shape index (κ2) is 6.14. The highest BCUT2D eigenvalue weighted by Crippen LogP contribution is 2.29. The van der Waals surface area contributed by atoms with Crippen molar-refractivity contribution in [2.75, 3.05) is 26.8 Å². The van der Waals surface area contributed by atoms with E-state index in [1.54, 1.807) is 6.07 Å². The molecular formula is C16H18F3N3O. The van der Waals surface area contributed by atoms with Crippen molar-refractivity contribution in [2.24, 2.45) is 4.99 Å². The molecule has 0 unspecified atom stereocenters. The zero-order chi connectivity index (χ0) is 16.4. The Kier molecular flexibility index (Phi) is 4.19. The van der Waals surface area contributed by atoms with Crippen LogP contribution in [0.2, 0.25) is 0 Å². The quantitative estimate of drug-likeness (QED) is 0.836. The minimum absolute atomic E-state index is 0.0657. The van der Waals surface area contributed by atoms with E-state index in [2.05, 4.69) is 14.8 Å². The number of aliphatic imine (C=N–C) groups is 1. The van der Waals surface area contributed by atoms with E-state index in [9.17, 15) is 13.2 Å². The van der Waals surface area contributed by atoms with Crippen LogP contribution in [0.5, 0.6) is 0 Å². The van der Waals surface area contributed by atoms with Crippen molar-refractivity contribution in [1.82, 2.24) is 9.80 Å². The van der Waals surface area contributed by atoms with Gasteiger partial charge in [-0.2, -0.15) is 13.2 Å². The highest BCUT2D eigenvalue weighted by atomic mass is 19.4. The van der Waals surface area contributed by atoms with Crippen LogP contribution < -0.4 is 0 Å². The first-order chi connectivity index (χ1) is 10.9. The van der Waals surface area contributed by atoms with Crippen LogP contribution in [0.4, 0.5) is 13.2 Å². The van der Waals surface area contributed by atoms with Gasteiger partial charge in [0.15, 0.2) is 0 Å². The summed E-state index contributed by atoms with van der Waals surface area (Å²) in [4.78, 5) is 8.61. The van der Waals surface area contributed by atoms with E-state index in [4.69, 9.17) is 4.74 Å². The Balaban J connectivity index is 1.66. The Morgan fingerprint density at radius 2 is 2.09 bits per heavy atom. The van der Waals surface area contributed by atoms with Gasteiger partial charge < -0.3 is 14.5 Å². The largest absolute Gasteiger partial charge is 0.473 e. The summed E-state index contributed by atoms with van der Waals surface area (Å²) in [6, 6.07) is 5.16. The molecule has 1 aromatic rings. The molecule has 0 aromatic heterocycles. The lowest BCUT2D eigenvalue weighted by atomic mass is 10.1. The van der Waals surface area contributed by atoms with Crippen molar-refractivity contribution >= 4 is 5.90 Å². The minimum Gasteiger partial charge on any atom is -0.473 e. The molecule has 0 spiro atoms. The van der Waals surface area contributed by atoms with Crippen LogP contribution in [0.3, 0.4) is 0 Å². The minimum atomic E-state index is -4.34. The summed E-state index contributed by atoms with van der Waals surface area (Å²) >= 11 is 0. The van der Waals surface area contributed by atoms with Crippen LogP contribution in [-0.4, -0.2) is 42.5 Å². The summed E-state index contributed by atoms with van der Waals surface area (Å²) in [7, 11) is 2.01. The molecule has 0 atom stereocenters. The molecule has 2 heterocycles. The number of hydrogen-bond donors (Lipinski definition) is 0. The average molecular weight is 325 g/mol. The van der Waals surface area contributed by atoms with E-state index >= 15 is 0 Å². The Hall–Kier alpha value is -2.18. The van der Waals surface area contributed by atoms with E-state index in [0.29, 0.717) is 18.1 Å². The maximum atomic E-state index is 12.7. The molecule has 7 heteroatoms. The monoisotopic (exact) mass is 325 g/mol. The first kappa shape index (κ1) is 15.7.